The van der Waals surface area contributed by atoms with Crippen molar-refractivity contribution in [2.24, 2.45) is 0 Å². The van der Waals surface area contributed by atoms with E-state index in [9.17, 15) is 9.18 Å². The molecule has 134 valence electrons. The maximum Gasteiger partial charge on any atom is 0.318 e. The molecule has 0 saturated carbocycles. The zero-order valence-electron chi connectivity index (χ0n) is 14.7. The third kappa shape index (κ3) is 4.18. The average molecular weight is 345 g/mol. The van der Waals surface area contributed by atoms with Gasteiger partial charge >= 0.3 is 6.03 Å². The number of likely N-dealkylation sites (tertiary alicyclic amines) is 1. The third-order valence-electron chi connectivity index (χ3n) is 4.56. The minimum Gasteiger partial charge on any atom is -0.361 e. The fourth-order valence-electron chi connectivity index (χ4n) is 3.19. The summed E-state index contributed by atoms with van der Waals surface area (Å²) < 4.78 is 18.8. The monoisotopic (exact) mass is 345 g/mol. The van der Waals surface area contributed by atoms with Gasteiger partial charge in [-0.15, -0.1) is 0 Å². The lowest BCUT2D eigenvalue weighted by Crippen LogP contribution is -2.44. The van der Waals surface area contributed by atoms with Crippen LogP contribution in [0.4, 0.5) is 9.18 Å². The first-order chi connectivity index (χ1) is 12.0. The lowest BCUT2D eigenvalue weighted by atomic mass is 9.95. The van der Waals surface area contributed by atoms with Crippen LogP contribution in [0.5, 0.6) is 0 Å². The zero-order chi connectivity index (χ0) is 17.8. The summed E-state index contributed by atoms with van der Waals surface area (Å²) in [6, 6.07) is 8.14. The van der Waals surface area contributed by atoms with E-state index in [-0.39, 0.29) is 23.8 Å². The molecule has 0 aliphatic carbocycles. The molecule has 1 aromatic carbocycles. The Morgan fingerprint density at radius 1 is 1.40 bits per heavy atom. The summed E-state index contributed by atoms with van der Waals surface area (Å²) in [6.07, 6.45) is 2.84. The van der Waals surface area contributed by atoms with Crippen molar-refractivity contribution in [1.82, 2.24) is 15.4 Å². The molecule has 0 radical (unpaired) electrons. The normalized spacial score (nSPS) is 17.8. The maximum atomic E-state index is 13.5. The second-order valence-corrected chi connectivity index (χ2v) is 6.79. The maximum absolute atomic E-state index is 13.5. The topological polar surface area (TPSA) is 58.4 Å². The molecule has 0 bridgehead atoms. The molecule has 1 aliphatic rings. The van der Waals surface area contributed by atoms with Crippen LogP contribution in [0.3, 0.4) is 0 Å². The van der Waals surface area contributed by atoms with E-state index in [1.165, 1.54) is 12.1 Å². The van der Waals surface area contributed by atoms with E-state index < -0.39 is 0 Å². The first kappa shape index (κ1) is 17.5. The fraction of sp³-hybridized carbons (Fsp3) is 0.474. The Kier molecular flexibility index (Phi) is 5.36. The first-order valence-corrected chi connectivity index (χ1v) is 8.80. The molecule has 2 aromatic rings. The second-order valence-electron chi connectivity index (χ2n) is 6.79. The molecule has 1 atom stereocenters. The van der Waals surface area contributed by atoms with E-state index >= 15 is 0 Å². The van der Waals surface area contributed by atoms with Crippen LogP contribution in [-0.2, 0) is 6.54 Å². The Bertz CT molecular complexity index is 729. The molecule has 2 heterocycles. The first-order valence-electron chi connectivity index (χ1n) is 8.80. The van der Waals surface area contributed by atoms with Gasteiger partial charge in [-0.3, -0.25) is 0 Å². The van der Waals surface area contributed by atoms with Gasteiger partial charge in [0.1, 0.15) is 17.3 Å². The number of benzene rings is 1. The van der Waals surface area contributed by atoms with Gasteiger partial charge in [-0.25, -0.2) is 9.18 Å². The molecule has 1 aliphatic heterocycles. The number of nitrogens with zero attached hydrogens (tertiary/aromatic N) is 2. The van der Waals surface area contributed by atoms with Crippen molar-refractivity contribution >= 4 is 6.03 Å². The van der Waals surface area contributed by atoms with Crippen LogP contribution in [0, 0.1) is 5.82 Å². The largest absolute Gasteiger partial charge is 0.361 e. The Morgan fingerprint density at radius 3 is 2.96 bits per heavy atom. The summed E-state index contributed by atoms with van der Waals surface area (Å²) in [4.78, 5) is 14.4. The number of nitrogens with one attached hydrogen (secondary N) is 1. The van der Waals surface area contributed by atoms with Crippen LogP contribution in [0.25, 0.3) is 0 Å². The Morgan fingerprint density at radius 2 is 2.24 bits per heavy atom. The Hall–Kier alpha value is -2.37. The molecule has 1 unspecified atom stereocenters. The number of rotatable bonds is 4. The van der Waals surface area contributed by atoms with Gasteiger partial charge in [-0.05, 0) is 37.0 Å². The number of hydrogen-bond donors (Lipinski definition) is 1. The third-order valence-corrected chi connectivity index (χ3v) is 4.56. The van der Waals surface area contributed by atoms with E-state index in [0.29, 0.717) is 18.8 Å². The molecular formula is C19H24FN3O2. The SMILES string of the molecule is CC(C)c1cc(CNC(=O)N2CCCCC2c2cccc(F)c2)no1. The van der Waals surface area contributed by atoms with Crippen molar-refractivity contribution in [3.05, 3.63) is 53.2 Å². The number of piperidine rings is 1. The molecule has 0 spiro atoms. The van der Waals surface area contributed by atoms with Crippen molar-refractivity contribution in [1.29, 1.82) is 0 Å². The quantitative estimate of drug-likeness (QED) is 0.895. The van der Waals surface area contributed by atoms with Gasteiger partial charge in [0.2, 0.25) is 0 Å². The van der Waals surface area contributed by atoms with Gasteiger partial charge in [0, 0.05) is 18.5 Å². The highest BCUT2D eigenvalue weighted by Gasteiger charge is 2.28. The molecule has 5 nitrogen and oxygen atoms in total. The lowest BCUT2D eigenvalue weighted by Gasteiger charge is -2.36. The number of carbonyl (C=O) groups is 1. The van der Waals surface area contributed by atoms with E-state index in [4.69, 9.17) is 4.52 Å². The van der Waals surface area contributed by atoms with Gasteiger partial charge in [-0.1, -0.05) is 31.1 Å². The molecule has 1 saturated heterocycles. The molecule has 25 heavy (non-hydrogen) atoms. The summed E-state index contributed by atoms with van der Waals surface area (Å²) in [5.41, 5.74) is 1.55. The van der Waals surface area contributed by atoms with E-state index in [1.807, 2.05) is 26.0 Å². The summed E-state index contributed by atoms with van der Waals surface area (Å²) in [6.45, 7) is 5.05. The van der Waals surface area contributed by atoms with Crippen LogP contribution < -0.4 is 5.32 Å². The molecule has 3 rings (SSSR count). The number of amides is 2. The van der Waals surface area contributed by atoms with Gasteiger partial charge < -0.3 is 14.7 Å². The van der Waals surface area contributed by atoms with Crippen molar-refractivity contribution in [3.8, 4) is 0 Å². The van der Waals surface area contributed by atoms with Crippen molar-refractivity contribution in [3.63, 3.8) is 0 Å². The molecular weight excluding hydrogens is 321 g/mol. The van der Waals surface area contributed by atoms with Crippen LogP contribution in [0.15, 0.2) is 34.9 Å². The predicted molar refractivity (Wildman–Crippen MR) is 92.5 cm³/mol. The van der Waals surface area contributed by atoms with E-state index in [0.717, 1.165) is 30.6 Å². The summed E-state index contributed by atoms with van der Waals surface area (Å²) in [5.74, 6) is 0.795. The van der Waals surface area contributed by atoms with Crippen LogP contribution in [0.1, 0.15) is 62.1 Å². The number of halogens is 1. The van der Waals surface area contributed by atoms with Crippen molar-refractivity contribution in [2.75, 3.05) is 6.54 Å². The molecule has 1 fully saturated rings. The molecule has 6 heteroatoms. The standard InChI is InChI=1S/C19H24FN3O2/c1-13(2)18-11-16(22-25-18)12-21-19(24)23-9-4-3-8-17(23)14-6-5-7-15(20)10-14/h5-7,10-11,13,17H,3-4,8-9,12H2,1-2H3,(H,21,24). The highest BCUT2D eigenvalue weighted by atomic mass is 19.1. The summed E-state index contributed by atoms with van der Waals surface area (Å²) >= 11 is 0. The summed E-state index contributed by atoms with van der Waals surface area (Å²) in [5, 5.41) is 6.89. The number of carbonyl (C=O) groups excluding carboxylic acids is 1. The minimum absolute atomic E-state index is 0.0898. The van der Waals surface area contributed by atoms with E-state index in [2.05, 4.69) is 10.5 Å². The molecule has 1 aromatic heterocycles. The van der Waals surface area contributed by atoms with Crippen LogP contribution >= 0.6 is 0 Å². The lowest BCUT2D eigenvalue weighted by molar-refractivity contribution is 0.151. The highest BCUT2D eigenvalue weighted by molar-refractivity contribution is 5.74. The Balaban J connectivity index is 1.66. The predicted octanol–water partition coefficient (Wildman–Crippen LogP) is 4.37. The summed E-state index contributed by atoms with van der Waals surface area (Å²) in [7, 11) is 0. The van der Waals surface area contributed by atoms with Crippen molar-refractivity contribution in [2.45, 2.75) is 51.6 Å². The zero-order valence-corrected chi connectivity index (χ0v) is 14.7. The number of hydrogen-bond acceptors (Lipinski definition) is 3. The number of urea groups is 1. The number of aromatic nitrogens is 1. The highest BCUT2D eigenvalue weighted by Crippen LogP contribution is 2.31. The molecule has 2 amide bonds. The molecule has 1 N–H and O–H groups in total. The fourth-order valence-corrected chi connectivity index (χ4v) is 3.19. The van der Waals surface area contributed by atoms with Crippen molar-refractivity contribution < 1.29 is 13.7 Å². The van der Waals surface area contributed by atoms with Gasteiger partial charge in [0.05, 0.1) is 12.6 Å². The Labute approximate surface area is 147 Å². The van der Waals surface area contributed by atoms with Gasteiger partial charge in [0.25, 0.3) is 0 Å². The van der Waals surface area contributed by atoms with Gasteiger partial charge in [0.15, 0.2) is 0 Å². The second kappa shape index (κ2) is 7.68. The van der Waals surface area contributed by atoms with E-state index in [1.54, 1.807) is 11.0 Å². The van der Waals surface area contributed by atoms with Crippen LogP contribution in [-0.4, -0.2) is 22.6 Å². The van der Waals surface area contributed by atoms with Gasteiger partial charge in [-0.2, -0.15) is 0 Å². The average Bonchev–Trinajstić information content (AvgIpc) is 3.09. The minimum atomic E-state index is -0.271. The smallest absolute Gasteiger partial charge is 0.318 e. The van der Waals surface area contributed by atoms with Crippen LogP contribution in [0.2, 0.25) is 0 Å².